The predicted molar refractivity (Wildman–Crippen MR) is 128 cm³/mol. The van der Waals surface area contributed by atoms with Crippen LogP contribution in [-0.2, 0) is 19.1 Å². The molecule has 10 atom stereocenters. The topological polar surface area (TPSA) is 86.5 Å². The van der Waals surface area contributed by atoms with Crippen LogP contribution in [0.1, 0.15) is 98.8 Å². The molecule has 4 aliphatic carbocycles. The number of esters is 1. The molecule has 0 bridgehead atoms. The zero-order valence-corrected chi connectivity index (χ0v) is 21.4. The molecule has 0 aromatic heterocycles. The summed E-state index contributed by atoms with van der Waals surface area (Å²) < 4.78 is 5.92. The number of ketones is 2. The normalized spacial score (nSPS) is 44.1. The number of carbonyl (C=O) groups excluding carboxylic acids is 3. The minimum absolute atomic E-state index is 0.0255. The summed E-state index contributed by atoms with van der Waals surface area (Å²) in [6.07, 6.45) is 10.3. The first-order chi connectivity index (χ1) is 15.5. The lowest BCUT2D eigenvalue weighted by Gasteiger charge is -2.61. The van der Waals surface area contributed by atoms with Gasteiger partial charge in [-0.25, -0.2) is 0 Å². The van der Waals surface area contributed by atoms with E-state index >= 15 is 0 Å². The molecule has 0 saturated heterocycles. The predicted octanol–water partition coefficient (Wildman–Crippen LogP) is 5.09. The lowest BCUT2D eigenvalue weighted by Crippen LogP contribution is -2.54. The van der Waals surface area contributed by atoms with Gasteiger partial charge in [0.25, 0.3) is 0 Å². The third-order valence-corrected chi connectivity index (χ3v) is 10.8. The van der Waals surface area contributed by atoms with Crippen LogP contribution in [0.15, 0.2) is 0 Å². The molecule has 0 aromatic carbocycles. The number of fused-ring (bicyclic) bond motifs is 5. The van der Waals surface area contributed by atoms with E-state index in [4.69, 9.17) is 10.5 Å². The van der Waals surface area contributed by atoms with Gasteiger partial charge in [0.1, 0.15) is 17.7 Å². The Kier molecular flexibility index (Phi) is 6.85. The summed E-state index contributed by atoms with van der Waals surface area (Å²) in [7, 11) is 0. The fourth-order valence-electron chi connectivity index (χ4n) is 8.84. The zero-order valence-electron chi connectivity index (χ0n) is 21.4. The number of hydrogen-bond donors (Lipinski definition) is 1. The number of hydrogen-bond acceptors (Lipinski definition) is 5. The first-order valence-electron chi connectivity index (χ1n) is 13.5. The quantitative estimate of drug-likeness (QED) is 0.559. The standard InChI is InChI=1S/C28H45NO4/c1-16(14-25(31)17(2)29)26(32)33-20-10-12-27(4)19(15-20)6-7-21-23-9-8-22(18(3)30)28(23,5)13-11-24(21)27/h16-17,19-24H,6-15,29H2,1-5H3/t16-,17+,19+,20-,21+,22-,23+,24+,27+,28-/m1/s1. The minimum atomic E-state index is -0.534. The third kappa shape index (κ3) is 4.32. The van der Waals surface area contributed by atoms with Gasteiger partial charge in [-0.15, -0.1) is 0 Å². The Morgan fingerprint density at radius 1 is 0.939 bits per heavy atom. The molecule has 0 heterocycles. The summed E-state index contributed by atoms with van der Waals surface area (Å²) in [6.45, 7) is 10.2. The van der Waals surface area contributed by atoms with Crippen LogP contribution >= 0.6 is 0 Å². The van der Waals surface area contributed by atoms with E-state index in [-0.39, 0.29) is 35.6 Å². The van der Waals surface area contributed by atoms with Crippen molar-refractivity contribution in [3.63, 3.8) is 0 Å². The smallest absolute Gasteiger partial charge is 0.309 e. The van der Waals surface area contributed by atoms with Gasteiger partial charge in [0.2, 0.25) is 0 Å². The average molecular weight is 460 g/mol. The van der Waals surface area contributed by atoms with Crippen molar-refractivity contribution in [3.05, 3.63) is 0 Å². The van der Waals surface area contributed by atoms with Gasteiger partial charge in [0.15, 0.2) is 0 Å². The Morgan fingerprint density at radius 3 is 2.27 bits per heavy atom. The highest BCUT2D eigenvalue weighted by Gasteiger charge is 2.61. The molecule has 4 aliphatic rings. The molecule has 0 aliphatic heterocycles. The molecule has 0 unspecified atom stereocenters. The second-order valence-electron chi connectivity index (χ2n) is 12.6. The van der Waals surface area contributed by atoms with E-state index in [9.17, 15) is 14.4 Å². The van der Waals surface area contributed by atoms with E-state index in [0.717, 1.165) is 37.5 Å². The van der Waals surface area contributed by atoms with Gasteiger partial charge < -0.3 is 10.5 Å². The van der Waals surface area contributed by atoms with E-state index in [1.165, 1.54) is 32.1 Å². The monoisotopic (exact) mass is 459 g/mol. The van der Waals surface area contributed by atoms with E-state index in [2.05, 4.69) is 13.8 Å². The molecule has 2 N–H and O–H groups in total. The van der Waals surface area contributed by atoms with Gasteiger partial charge in [0, 0.05) is 12.3 Å². The summed E-state index contributed by atoms with van der Waals surface area (Å²) in [4.78, 5) is 36.9. The van der Waals surface area contributed by atoms with E-state index < -0.39 is 12.0 Å². The number of Topliss-reactive ketones (excluding diaryl/α,β-unsaturated/α-hetero) is 2. The Labute approximate surface area is 200 Å². The van der Waals surface area contributed by atoms with Gasteiger partial charge in [-0.2, -0.15) is 0 Å². The van der Waals surface area contributed by atoms with Crippen LogP contribution in [0.25, 0.3) is 0 Å². The number of ether oxygens (including phenoxy) is 1. The van der Waals surface area contributed by atoms with Crippen molar-refractivity contribution in [2.75, 3.05) is 0 Å². The van der Waals surface area contributed by atoms with Gasteiger partial charge in [-0.3, -0.25) is 14.4 Å². The fourth-order valence-corrected chi connectivity index (χ4v) is 8.84. The Bertz CT molecular complexity index is 793. The van der Waals surface area contributed by atoms with Crippen molar-refractivity contribution in [2.24, 2.45) is 52.1 Å². The largest absolute Gasteiger partial charge is 0.462 e. The van der Waals surface area contributed by atoms with Crippen molar-refractivity contribution in [1.82, 2.24) is 0 Å². The van der Waals surface area contributed by atoms with Crippen molar-refractivity contribution in [3.8, 4) is 0 Å². The van der Waals surface area contributed by atoms with E-state index in [0.29, 0.717) is 23.0 Å². The highest BCUT2D eigenvalue weighted by Crippen LogP contribution is 2.67. The summed E-state index contributed by atoms with van der Waals surface area (Å²) >= 11 is 0. The first kappa shape index (κ1) is 24.9. The SMILES string of the molecule is CC(=O)[C@H]1CC[C@H]2[C@@H]3CC[C@H]4C[C@H](OC(=O)[C@H](C)CC(=O)[C@H](C)N)CC[C@]4(C)[C@H]3CC[C@]12C. The molecule has 0 radical (unpaired) electrons. The molecule has 4 fully saturated rings. The molecule has 4 rings (SSSR count). The minimum Gasteiger partial charge on any atom is -0.462 e. The maximum Gasteiger partial charge on any atom is 0.309 e. The Balaban J connectivity index is 1.39. The molecular formula is C28H45NO4. The van der Waals surface area contributed by atoms with Crippen molar-refractivity contribution >= 4 is 17.5 Å². The second kappa shape index (κ2) is 9.09. The molecule has 4 saturated carbocycles. The molecule has 0 spiro atoms. The van der Waals surface area contributed by atoms with Crippen LogP contribution in [0, 0.1) is 46.3 Å². The molecular weight excluding hydrogens is 414 g/mol. The summed E-state index contributed by atoms with van der Waals surface area (Å²) in [6, 6.07) is -0.534. The maximum absolute atomic E-state index is 12.6. The van der Waals surface area contributed by atoms with Crippen molar-refractivity contribution in [2.45, 2.75) is 111 Å². The Morgan fingerprint density at radius 2 is 1.61 bits per heavy atom. The van der Waals surface area contributed by atoms with Gasteiger partial charge in [0.05, 0.1) is 12.0 Å². The van der Waals surface area contributed by atoms with Gasteiger partial charge in [-0.05, 0) is 106 Å². The van der Waals surface area contributed by atoms with Gasteiger partial charge in [-0.1, -0.05) is 20.8 Å². The van der Waals surface area contributed by atoms with Crippen molar-refractivity contribution < 1.29 is 19.1 Å². The lowest BCUT2D eigenvalue weighted by atomic mass is 9.44. The van der Waals surface area contributed by atoms with Crippen LogP contribution in [0.5, 0.6) is 0 Å². The molecule has 0 amide bonds. The highest BCUT2D eigenvalue weighted by atomic mass is 16.5. The number of nitrogens with two attached hydrogens (primary N) is 1. The van der Waals surface area contributed by atoms with Crippen LogP contribution in [0.4, 0.5) is 0 Å². The third-order valence-electron chi connectivity index (χ3n) is 10.8. The van der Waals surface area contributed by atoms with E-state index in [1.54, 1.807) is 20.8 Å². The van der Waals surface area contributed by atoms with E-state index in [1.807, 2.05) is 0 Å². The summed E-state index contributed by atoms with van der Waals surface area (Å²) in [5.74, 6) is 2.68. The molecule has 186 valence electrons. The molecule has 5 heteroatoms. The summed E-state index contributed by atoms with van der Waals surface area (Å²) in [5.41, 5.74) is 6.18. The zero-order chi connectivity index (χ0) is 24.1. The molecule has 0 aromatic rings. The number of carbonyl (C=O) groups is 3. The number of rotatable bonds is 6. The first-order valence-corrected chi connectivity index (χ1v) is 13.5. The summed E-state index contributed by atoms with van der Waals surface area (Å²) in [5, 5.41) is 0. The average Bonchev–Trinajstić information content (AvgIpc) is 3.11. The lowest BCUT2D eigenvalue weighted by molar-refractivity contribution is -0.167. The van der Waals surface area contributed by atoms with Crippen LogP contribution in [0.3, 0.4) is 0 Å². The van der Waals surface area contributed by atoms with Crippen LogP contribution < -0.4 is 5.73 Å². The van der Waals surface area contributed by atoms with Crippen LogP contribution in [-0.4, -0.2) is 29.7 Å². The molecule has 5 nitrogen and oxygen atoms in total. The van der Waals surface area contributed by atoms with Crippen molar-refractivity contribution in [1.29, 1.82) is 0 Å². The fraction of sp³-hybridized carbons (Fsp3) is 0.893. The van der Waals surface area contributed by atoms with Crippen LogP contribution in [0.2, 0.25) is 0 Å². The molecule has 33 heavy (non-hydrogen) atoms. The Hall–Kier alpha value is -1.23. The maximum atomic E-state index is 12.6. The second-order valence-corrected chi connectivity index (χ2v) is 12.6. The highest BCUT2D eigenvalue weighted by molar-refractivity contribution is 5.87. The van der Waals surface area contributed by atoms with Gasteiger partial charge >= 0.3 is 5.97 Å².